The van der Waals surface area contributed by atoms with E-state index < -0.39 is 6.04 Å². The minimum Gasteiger partial charge on any atom is -0.354 e. The van der Waals surface area contributed by atoms with Crippen LogP contribution in [-0.4, -0.2) is 41.8 Å². The summed E-state index contributed by atoms with van der Waals surface area (Å²) in [7, 11) is 0. The second-order valence-corrected chi connectivity index (χ2v) is 10.1. The lowest BCUT2D eigenvalue weighted by atomic mass is 10.1. The molecule has 0 spiro atoms. The number of benzene rings is 3. The van der Waals surface area contributed by atoms with E-state index in [0.29, 0.717) is 40.7 Å². The van der Waals surface area contributed by atoms with Crippen LogP contribution in [-0.2, 0) is 16.1 Å². The molecule has 8 heteroatoms. The van der Waals surface area contributed by atoms with E-state index >= 15 is 0 Å². The Morgan fingerprint density at radius 3 is 2.38 bits per heavy atom. The highest BCUT2D eigenvalue weighted by Crippen LogP contribution is 2.37. The molecule has 4 rings (SSSR count). The van der Waals surface area contributed by atoms with Gasteiger partial charge in [-0.1, -0.05) is 66.9 Å². The molecule has 194 valence electrons. The van der Waals surface area contributed by atoms with Gasteiger partial charge in [0.05, 0.1) is 5.69 Å². The Morgan fingerprint density at radius 2 is 1.68 bits per heavy atom. The van der Waals surface area contributed by atoms with E-state index in [1.165, 1.54) is 4.90 Å². The first kappa shape index (κ1) is 27.0. The predicted molar refractivity (Wildman–Crippen MR) is 149 cm³/mol. The molecule has 6 nitrogen and oxygen atoms in total. The summed E-state index contributed by atoms with van der Waals surface area (Å²) in [5, 5.41) is 5.77. The first-order valence-corrected chi connectivity index (χ1v) is 13.4. The molecule has 37 heavy (non-hydrogen) atoms. The van der Waals surface area contributed by atoms with Gasteiger partial charge in [-0.15, -0.1) is 0 Å². The Balaban J connectivity index is 1.47. The number of unbranched alkanes of at least 4 members (excludes halogenated alkanes) is 1. The summed E-state index contributed by atoms with van der Waals surface area (Å²) in [4.78, 5) is 42.7. The average Bonchev–Trinajstić information content (AvgIpc) is 3.16. The molecule has 0 fully saturated rings. The van der Waals surface area contributed by atoms with Crippen LogP contribution in [0.15, 0.2) is 54.6 Å². The van der Waals surface area contributed by atoms with Crippen LogP contribution in [0.5, 0.6) is 0 Å². The zero-order chi connectivity index (χ0) is 26.5. The second kappa shape index (κ2) is 12.0. The van der Waals surface area contributed by atoms with Crippen molar-refractivity contribution in [1.29, 1.82) is 0 Å². The van der Waals surface area contributed by atoms with E-state index in [4.69, 9.17) is 23.2 Å². The maximum absolute atomic E-state index is 13.5. The molecule has 3 aromatic rings. The Morgan fingerprint density at radius 1 is 1.00 bits per heavy atom. The van der Waals surface area contributed by atoms with Gasteiger partial charge in [-0.25, -0.2) is 0 Å². The van der Waals surface area contributed by atoms with Gasteiger partial charge in [0.2, 0.25) is 11.8 Å². The molecule has 0 bridgehead atoms. The van der Waals surface area contributed by atoms with Gasteiger partial charge in [0.1, 0.15) is 6.04 Å². The number of hydrogen-bond acceptors (Lipinski definition) is 3. The number of carbonyl (C=O) groups excluding carboxylic acids is 3. The molecule has 1 N–H and O–H groups in total. The fourth-order valence-electron chi connectivity index (χ4n) is 4.71. The minimum atomic E-state index is -0.705. The third kappa shape index (κ3) is 5.76. The fourth-order valence-corrected chi connectivity index (χ4v) is 5.22. The monoisotopic (exact) mass is 539 g/mol. The molecular weight excluding hydrogens is 509 g/mol. The third-order valence-corrected chi connectivity index (χ3v) is 7.52. The Hall–Kier alpha value is -3.09. The Kier molecular flexibility index (Phi) is 8.72. The maximum atomic E-state index is 13.5. The molecular formula is C29H31Cl2N3O3. The van der Waals surface area contributed by atoms with Crippen molar-refractivity contribution in [3.63, 3.8) is 0 Å². The van der Waals surface area contributed by atoms with Crippen molar-refractivity contribution in [2.45, 2.75) is 52.1 Å². The van der Waals surface area contributed by atoms with Gasteiger partial charge in [0.25, 0.3) is 5.91 Å². The first-order valence-electron chi connectivity index (χ1n) is 12.7. The molecule has 1 atom stereocenters. The van der Waals surface area contributed by atoms with Gasteiger partial charge in [0.15, 0.2) is 0 Å². The molecule has 3 amide bonds. The van der Waals surface area contributed by atoms with E-state index in [-0.39, 0.29) is 30.7 Å². The van der Waals surface area contributed by atoms with Gasteiger partial charge in [-0.05, 0) is 49.4 Å². The normalized spacial score (nSPS) is 13.2. The lowest BCUT2D eigenvalue weighted by molar-refractivity contribution is -0.140. The lowest BCUT2D eigenvalue weighted by Gasteiger charge is -2.30. The van der Waals surface area contributed by atoms with E-state index in [2.05, 4.69) is 12.2 Å². The van der Waals surface area contributed by atoms with Gasteiger partial charge < -0.3 is 15.1 Å². The molecule has 0 radical (unpaired) electrons. The highest BCUT2D eigenvalue weighted by molar-refractivity contribution is 6.36. The van der Waals surface area contributed by atoms with Gasteiger partial charge in [0, 0.05) is 52.6 Å². The topological polar surface area (TPSA) is 69.7 Å². The summed E-state index contributed by atoms with van der Waals surface area (Å²) in [6.45, 7) is 4.83. The molecule has 0 saturated heterocycles. The van der Waals surface area contributed by atoms with Crippen LogP contribution in [0.25, 0.3) is 10.8 Å². The van der Waals surface area contributed by atoms with Crippen molar-refractivity contribution in [3.8, 4) is 0 Å². The van der Waals surface area contributed by atoms with Crippen LogP contribution < -0.4 is 10.2 Å². The summed E-state index contributed by atoms with van der Waals surface area (Å²) in [5.41, 5.74) is 2.16. The van der Waals surface area contributed by atoms with Crippen molar-refractivity contribution >= 4 is 57.4 Å². The summed E-state index contributed by atoms with van der Waals surface area (Å²) in [6, 6.07) is 16.1. The number of hydrogen-bond donors (Lipinski definition) is 1. The van der Waals surface area contributed by atoms with Crippen LogP contribution in [0, 0.1) is 0 Å². The zero-order valence-corrected chi connectivity index (χ0v) is 22.6. The number of nitrogens with zero attached hydrogens (tertiary/aromatic N) is 2. The van der Waals surface area contributed by atoms with Gasteiger partial charge >= 0.3 is 0 Å². The smallest absolute Gasteiger partial charge is 0.258 e. The van der Waals surface area contributed by atoms with E-state index in [0.717, 1.165) is 29.3 Å². The Labute approximate surface area is 227 Å². The number of amides is 3. The first-order chi connectivity index (χ1) is 17.8. The van der Waals surface area contributed by atoms with Crippen molar-refractivity contribution in [2.24, 2.45) is 0 Å². The molecule has 0 aliphatic carbocycles. The standard InChI is InChI=1S/C29H31Cl2N3O3/c1-3-4-16-32-28(36)19(2)34(18-22-23(30)12-7-13-24(22)31)26(35)15-8-17-33-25-14-6-10-20-9-5-11-21(27(20)25)29(33)37/h5-7,9-14,19H,3-4,8,15-18H2,1-2H3,(H,32,36). The van der Waals surface area contributed by atoms with Crippen molar-refractivity contribution < 1.29 is 14.4 Å². The van der Waals surface area contributed by atoms with Crippen LogP contribution in [0.3, 0.4) is 0 Å². The Bertz CT molecular complexity index is 1300. The van der Waals surface area contributed by atoms with E-state index in [1.54, 1.807) is 30.0 Å². The number of nitrogens with one attached hydrogen (secondary N) is 1. The van der Waals surface area contributed by atoms with Gasteiger partial charge in [-0.2, -0.15) is 0 Å². The molecule has 1 heterocycles. The number of rotatable bonds is 11. The lowest BCUT2D eigenvalue weighted by Crippen LogP contribution is -2.48. The maximum Gasteiger partial charge on any atom is 0.258 e. The van der Waals surface area contributed by atoms with Crippen molar-refractivity contribution in [3.05, 3.63) is 75.8 Å². The zero-order valence-electron chi connectivity index (χ0n) is 21.1. The van der Waals surface area contributed by atoms with Crippen LogP contribution in [0.2, 0.25) is 10.0 Å². The highest BCUT2D eigenvalue weighted by Gasteiger charge is 2.30. The molecule has 1 unspecified atom stereocenters. The van der Waals surface area contributed by atoms with Crippen LogP contribution >= 0.6 is 23.2 Å². The van der Waals surface area contributed by atoms with Crippen LogP contribution in [0.1, 0.15) is 55.5 Å². The predicted octanol–water partition coefficient (Wildman–Crippen LogP) is 6.22. The second-order valence-electron chi connectivity index (χ2n) is 9.28. The highest BCUT2D eigenvalue weighted by atomic mass is 35.5. The molecule has 1 aliphatic rings. The summed E-state index contributed by atoms with van der Waals surface area (Å²) in [5.74, 6) is -0.471. The third-order valence-electron chi connectivity index (χ3n) is 6.81. The molecule has 0 aromatic heterocycles. The summed E-state index contributed by atoms with van der Waals surface area (Å²) < 4.78 is 0. The summed E-state index contributed by atoms with van der Waals surface area (Å²) >= 11 is 12.8. The van der Waals surface area contributed by atoms with Gasteiger partial charge in [-0.3, -0.25) is 14.4 Å². The molecule has 0 saturated carbocycles. The minimum absolute atomic E-state index is 0.0531. The number of halogens is 2. The SMILES string of the molecule is CCCCNC(=O)C(C)N(Cc1c(Cl)cccc1Cl)C(=O)CCCN1C(=O)c2cccc3cccc1c23. The molecule has 3 aromatic carbocycles. The van der Waals surface area contributed by atoms with Crippen LogP contribution in [0.4, 0.5) is 5.69 Å². The van der Waals surface area contributed by atoms with Crippen molar-refractivity contribution in [2.75, 3.05) is 18.0 Å². The van der Waals surface area contributed by atoms with E-state index in [1.807, 2.05) is 36.4 Å². The van der Waals surface area contributed by atoms with Crippen molar-refractivity contribution in [1.82, 2.24) is 10.2 Å². The quantitative estimate of drug-likeness (QED) is 0.294. The number of carbonyl (C=O) groups is 3. The summed E-state index contributed by atoms with van der Waals surface area (Å²) in [6.07, 6.45) is 2.44. The molecule has 1 aliphatic heterocycles. The average molecular weight is 540 g/mol. The largest absolute Gasteiger partial charge is 0.354 e. The number of anilines is 1. The fraction of sp³-hybridized carbons (Fsp3) is 0.345. The van der Waals surface area contributed by atoms with E-state index in [9.17, 15) is 14.4 Å².